The zero-order valence-electron chi connectivity index (χ0n) is 21.0. The van der Waals surface area contributed by atoms with E-state index in [2.05, 4.69) is 18.7 Å². The number of hydrogen-bond acceptors (Lipinski definition) is 6. The van der Waals surface area contributed by atoms with Crippen molar-refractivity contribution in [2.75, 3.05) is 18.0 Å². The van der Waals surface area contributed by atoms with E-state index in [4.69, 9.17) is 17.2 Å². The summed E-state index contributed by atoms with van der Waals surface area (Å²) in [5.41, 5.74) is 2.84. The minimum absolute atomic E-state index is 0.175. The third kappa shape index (κ3) is 4.60. The summed E-state index contributed by atoms with van der Waals surface area (Å²) in [6.07, 6.45) is 4.66. The molecule has 6 nitrogen and oxygen atoms in total. The average Bonchev–Trinajstić information content (AvgIpc) is 3.13. The molecule has 1 aromatic carbocycles. The molecule has 0 radical (unpaired) electrons. The van der Waals surface area contributed by atoms with Gasteiger partial charge >= 0.3 is 0 Å². The molecule has 0 N–H and O–H groups in total. The van der Waals surface area contributed by atoms with Gasteiger partial charge in [0.15, 0.2) is 0 Å². The molecule has 0 saturated carbocycles. The van der Waals surface area contributed by atoms with Gasteiger partial charge < -0.3 is 4.90 Å². The van der Waals surface area contributed by atoms with E-state index < -0.39 is 0 Å². The summed E-state index contributed by atoms with van der Waals surface area (Å²) < 4.78 is 2.07. The van der Waals surface area contributed by atoms with E-state index in [-0.39, 0.29) is 17.5 Å². The van der Waals surface area contributed by atoms with Gasteiger partial charge in [-0.25, -0.2) is 4.98 Å². The Balaban J connectivity index is 1.61. The first-order chi connectivity index (χ1) is 17.2. The fourth-order valence-electron chi connectivity index (χ4n) is 5.28. The molecule has 2 aliphatic rings. The van der Waals surface area contributed by atoms with Gasteiger partial charge in [-0.05, 0) is 55.4 Å². The molecule has 36 heavy (non-hydrogen) atoms. The lowest BCUT2D eigenvalue weighted by molar-refractivity contribution is -0.123. The highest BCUT2D eigenvalue weighted by atomic mass is 32.2. The first-order valence-electron chi connectivity index (χ1n) is 12.3. The molecule has 3 aromatic rings. The Kier molecular flexibility index (Phi) is 6.74. The van der Waals surface area contributed by atoms with Crippen molar-refractivity contribution in [3.05, 3.63) is 80.6 Å². The Labute approximate surface area is 221 Å². The predicted molar refractivity (Wildman–Crippen MR) is 151 cm³/mol. The van der Waals surface area contributed by atoms with Crippen LogP contribution in [0.1, 0.15) is 49.9 Å². The number of hydrogen-bond donors (Lipinski definition) is 0. The van der Waals surface area contributed by atoms with E-state index in [9.17, 15) is 9.59 Å². The zero-order chi connectivity index (χ0) is 25.6. The lowest BCUT2D eigenvalue weighted by atomic mass is 9.91. The van der Waals surface area contributed by atoms with Crippen molar-refractivity contribution in [1.82, 2.24) is 14.3 Å². The van der Waals surface area contributed by atoms with E-state index >= 15 is 0 Å². The predicted octanol–water partition coefficient (Wildman–Crippen LogP) is 5.45. The molecule has 2 aromatic heterocycles. The molecule has 5 rings (SSSR count). The summed E-state index contributed by atoms with van der Waals surface area (Å²) in [4.78, 5) is 36.6. The SMILES string of the molecule is Cc1ccc2nc(N3C[C@H](C)C[C@@H](C)C3)c(/C=C3/SC(=S)N([C@@H](C)c4ccccc4)C3=O)c(=O)n2c1. The number of piperidine rings is 1. The zero-order valence-corrected chi connectivity index (χ0v) is 22.6. The maximum absolute atomic E-state index is 13.8. The van der Waals surface area contributed by atoms with E-state index in [1.165, 1.54) is 11.8 Å². The molecule has 2 aliphatic heterocycles. The molecular weight excluding hydrogens is 488 g/mol. The average molecular weight is 519 g/mol. The van der Waals surface area contributed by atoms with Crippen molar-refractivity contribution in [2.45, 2.75) is 40.2 Å². The number of carbonyl (C=O) groups excluding carboxylic acids is 1. The Morgan fingerprint density at radius 1 is 1.08 bits per heavy atom. The number of fused-ring (bicyclic) bond motifs is 1. The number of aryl methyl sites for hydroxylation is 1. The van der Waals surface area contributed by atoms with Crippen LogP contribution in [0.3, 0.4) is 0 Å². The molecule has 4 heterocycles. The third-order valence-electron chi connectivity index (χ3n) is 6.92. The van der Waals surface area contributed by atoms with Crippen LogP contribution >= 0.6 is 24.0 Å². The van der Waals surface area contributed by atoms with Crippen LogP contribution in [0.2, 0.25) is 0 Å². The van der Waals surface area contributed by atoms with Gasteiger partial charge in [0, 0.05) is 19.3 Å². The molecule has 8 heteroatoms. The van der Waals surface area contributed by atoms with Crippen molar-refractivity contribution in [1.29, 1.82) is 0 Å². The summed E-state index contributed by atoms with van der Waals surface area (Å²) in [6, 6.07) is 13.5. The molecule has 3 atom stereocenters. The second kappa shape index (κ2) is 9.82. The summed E-state index contributed by atoms with van der Waals surface area (Å²) in [5.74, 6) is 1.44. The Hall–Kier alpha value is -2.97. The van der Waals surface area contributed by atoms with Gasteiger partial charge in [-0.2, -0.15) is 0 Å². The Bertz CT molecular complexity index is 1420. The van der Waals surface area contributed by atoms with Gasteiger partial charge in [0.2, 0.25) is 0 Å². The monoisotopic (exact) mass is 518 g/mol. The standard InChI is InChI=1S/C28H30N4O2S2/c1-17-10-11-24-29-25(30-14-18(2)12-19(3)15-30)22(26(33)31(24)16-17)13-23-27(34)32(28(35)36-23)20(4)21-8-6-5-7-9-21/h5-11,13,16,18-20H,12,14-15H2,1-4H3/b23-13+/t18-,19-,20+/m1/s1. The molecule has 0 unspecified atom stereocenters. The van der Waals surface area contributed by atoms with E-state index in [0.717, 1.165) is 30.6 Å². The van der Waals surface area contributed by atoms with Crippen molar-refractivity contribution >= 4 is 51.7 Å². The number of rotatable bonds is 4. The minimum Gasteiger partial charge on any atom is -0.355 e. The first kappa shape index (κ1) is 24.7. The first-order valence-corrected chi connectivity index (χ1v) is 13.6. The lowest BCUT2D eigenvalue weighted by Crippen LogP contribution is -2.40. The molecule has 1 amide bonds. The van der Waals surface area contributed by atoms with Gasteiger partial charge in [0.25, 0.3) is 11.5 Å². The number of carbonyl (C=O) groups is 1. The number of benzene rings is 1. The number of nitrogens with zero attached hydrogens (tertiary/aromatic N) is 4. The minimum atomic E-state index is -0.202. The largest absolute Gasteiger partial charge is 0.355 e. The van der Waals surface area contributed by atoms with Crippen molar-refractivity contribution in [3.63, 3.8) is 0 Å². The molecule has 2 saturated heterocycles. The third-order valence-corrected chi connectivity index (χ3v) is 8.25. The van der Waals surface area contributed by atoms with Crippen LogP contribution < -0.4 is 10.5 Å². The normalized spacial score (nSPS) is 22.6. The maximum atomic E-state index is 13.8. The Morgan fingerprint density at radius 2 is 1.78 bits per heavy atom. The highest BCUT2D eigenvalue weighted by molar-refractivity contribution is 8.26. The molecule has 186 valence electrons. The summed E-state index contributed by atoms with van der Waals surface area (Å²) in [6.45, 7) is 10.0. The summed E-state index contributed by atoms with van der Waals surface area (Å²) >= 11 is 6.87. The fraction of sp³-hybridized carbons (Fsp3) is 0.357. The molecule has 0 spiro atoms. The number of thiocarbonyl (C=S) groups is 1. The molecule has 0 bridgehead atoms. The van der Waals surface area contributed by atoms with E-state index in [0.29, 0.717) is 38.1 Å². The molecule has 0 aliphatic carbocycles. The van der Waals surface area contributed by atoms with Gasteiger partial charge in [0.1, 0.15) is 15.8 Å². The van der Waals surface area contributed by atoms with E-state index in [1.54, 1.807) is 21.6 Å². The number of anilines is 1. The van der Waals surface area contributed by atoms with Gasteiger partial charge in [0.05, 0.1) is 16.5 Å². The highest BCUT2D eigenvalue weighted by Crippen LogP contribution is 2.39. The molecule has 2 fully saturated rings. The van der Waals surface area contributed by atoms with Crippen molar-refractivity contribution in [3.8, 4) is 0 Å². The number of thioether (sulfide) groups is 1. The smallest absolute Gasteiger partial charge is 0.267 e. The van der Waals surface area contributed by atoms with Crippen LogP contribution in [0, 0.1) is 18.8 Å². The van der Waals surface area contributed by atoms with Crippen LogP contribution in [0.4, 0.5) is 5.82 Å². The topological polar surface area (TPSA) is 57.9 Å². The Morgan fingerprint density at radius 3 is 2.47 bits per heavy atom. The van der Waals surface area contributed by atoms with Gasteiger partial charge in [-0.15, -0.1) is 0 Å². The summed E-state index contributed by atoms with van der Waals surface area (Å²) in [7, 11) is 0. The van der Waals surface area contributed by atoms with Crippen LogP contribution in [0.15, 0.2) is 58.4 Å². The highest BCUT2D eigenvalue weighted by Gasteiger charge is 2.37. The second-order valence-corrected chi connectivity index (χ2v) is 11.8. The lowest BCUT2D eigenvalue weighted by Gasteiger charge is -2.36. The van der Waals surface area contributed by atoms with Crippen molar-refractivity contribution < 1.29 is 4.79 Å². The molecular formula is C28H30N4O2S2. The van der Waals surface area contributed by atoms with Gasteiger partial charge in [-0.1, -0.05) is 74.2 Å². The van der Waals surface area contributed by atoms with Crippen LogP contribution in [-0.2, 0) is 4.79 Å². The number of amides is 1. The van der Waals surface area contributed by atoms with E-state index in [1.807, 2.05) is 56.3 Å². The van der Waals surface area contributed by atoms with Crippen LogP contribution in [0.25, 0.3) is 11.7 Å². The second-order valence-electron chi connectivity index (χ2n) is 10.1. The number of aromatic nitrogens is 2. The van der Waals surface area contributed by atoms with Crippen LogP contribution in [-0.4, -0.2) is 37.6 Å². The fourth-order valence-corrected chi connectivity index (χ4v) is 6.68. The van der Waals surface area contributed by atoms with Gasteiger partial charge in [-0.3, -0.25) is 18.9 Å². The quantitative estimate of drug-likeness (QED) is 0.338. The van der Waals surface area contributed by atoms with Crippen molar-refractivity contribution in [2.24, 2.45) is 11.8 Å². The summed E-state index contributed by atoms with van der Waals surface area (Å²) in [5, 5.41) is 0. The van der Waals surface area contributed by atoms with Crippen LogP contribution in [0.5, 0.6) is 0 Å². The maximum Gasteiger partial charge on any atom is 0.267 e. The number of pyridine rings is 1.